The molecule has 1 saturated heterocycles. The monoisotopic (exact) mass is 421 g/mol. The maximum atomic E-state index is 13.0. The molecule has 1 fully saturated rings. The average Bonchev–Trinajstić information content (AvgIpc) is 3.24. The van der Waals surface area contributed by atoms with Gasteiger partial charge in [-0.05, 0) is 38.1 Å². The average molecular weight is 422 g/mol. The third-order valence-electron chi connectivity index (χ3n) is 5.11. The fraction of sp³-hybridized carbons (Fsp3) is 0.391. The zero-order valence-electron chi connectivity index (χ0n) is 18.2. The van der Waals surface area contributed by atoms with Crippen LogP contribution in [0.4, 0.5) is 11.5 Å². The zero-order chi connectivity index (χ0) is 22.0. The Morgan fingerprint density at radius 1 is 1.13 bits per heavy atom. The summed E-state index contributed by atoms with van der Waals surface area (Å²) in [7, 11) is 0. The summed E-state index contributed by atoms with van der Waals surface area (Å²) in [4.78, 5) is 24.1. The molecule has 31 heavy (non-hydrogen) atoms. The van der Waals surface area contributed by atoms with Crippen molar-refractivity contribution in [1.29, 1.82) is 0 Å². The van der Waals surface area contributed by atoms with Crippen LogP contribution in [0.3, 0.4) is 0 Å². The van der Waals surface area contributed by atoms with Gasteiger partial charge >= 0.3 is 0 Å². The minimum atomic E-state index is -0.261. The van der Waals surface area contributed by atoms with Crippen molar-refractivity contribution >= 4 is 17.4 Å². The molecule has 8 heteroatoms. The number of ether oxygens (including phenoxy) is 1. The van der Waals surface area contributed by atoms with Crippen LogP contribution in [0.15, 0.2) is 47.1 Å². The van der Waals surface area contributed by atoms with Gasteiger partial charge in [0.05, 0.1) is 35.2 Å². The normalized spacial score (nSPS) is 18.9. The number of hydrogen-bond donors (Lipinski definition) is 1. The second kappa shape index (κ2) is 8.85. The van der Waals surface area contributed by atoms with Crippen LogP contribution in [0, 0.1) is 0 Å². The Bertz CT molecular complexity index is 1040. The van der Waals surface area contributed by atoms with Crippen molar-refractivity contribution in [2.75, 3.05) is 23.3 Å². The molecule has 3 heterocycles. The van der Waals surface area contributed by atoms with Crippen LogP contribution in [-0.2, 0) is 4.74 Å². The molecule has 8 nitrogen and oxygen atoms in total. The number of nitrogens with zero attached hydrogens (tertiary/aromatic N) is 4. The van der Waals surface area contributed by atoms with Crippen molar-refractivity contribution in [2.24, 2.45) is 0 Å². The van der Waals surface area contributed by atoms with E-state index in [1.807, 2.05) is 32.0 Å². The lowest BCUT2D eigenvalue weighted by Gasteiger charge is -2.36. The van der Waals surface area contributed by atoms with Crippen molar-refractivity contribution in [2.45, 2.75) is 45.8 Å². The third-order valence-corrected chi connectivity index (χ3v) is 5.11. The van der Waals surface area contributed by atoms with E-state index >= 15 is 0 Å². The number of aromatic nitrogens is 3. The van der Waals surface area contributed by atoms with E-state index in [1.54, 1.807) is 24.4 Å². The fourth-order valence-electron chi connectivity index (χ4n) is 3.66. The summed E-state index contributed by atoms with van der Waals surface area (Å²) in [5, 5.41) is 6.91. The van der Waals surface area contributed by atoms with Crippen molar-refractivity contribution < 1.29 is 14.1 Å². The molecule has 0 aliphatic carbocycles. The minimum Gasteiger partial charge on any atom is -0.372 e. The summed E-state index contributed by atoms with van der Waals surface area (Å²) >= 11 is 0. The Hall–Kier alpha value is -3.26. The summed E-state index contributed by atoms with van der Waals surface area (Å²) < 4.78 is 11.2. The van der Waals surface area contributed by atoms with Gasteiger partial charge in [-0.25, -0.2) is 4.98 Å². The maximum Gasteiger partial charge on any atom is 0.258 e. The zero-order valence-corrected chi connectivity index (χ0v) is 18.2. The van der Waals surface area contributed by atoms with Crippen LogP contribution >= 0.6 is 0 Å². The van der Waals surface area contributed by atoms with E-state index in [1.165, 1.54) is 0 Å². The van der Waals surface area contributed by atoms with Gasteiger partial charge < -0.3 is 19.5 Å². The number of carbonyl (C=O) groups excluding carboxylic acids is 1. The van der Waals surface area contributed by atoms with Gasteiger partial charge in [0.2, 0.25) is 0 Å². The highest BCUT2D eigenvalue weighted by Gasteiger charge is 2.23. The lowest BCUT2D eigenvalue weighted by atomic mass is 10.1. The third kappa shape index (κ3) is 4.74. The first-order valence-corrected chi connectivity index (χ1v) is 10.5. The van der Waals surface area contributed by atoms with Crippen molar-refractivity contribution in [1.82, 2.24) is 15.1 Å². The first-order valence-electron chi connectivity index (χ1n) is 10.5. The highest BCUT2D eigenvalue weighted by molar-refractivity contribution is 6.08. The van der Waals surface area contributed by atoms with Gasteiger partial charge in [0.15, 0.2) is 5.82 Å². The highest BCUT2D eigenvalue weighted by Crippen LogP contribution is 2.25. The quantitative estimate of drug-likeness (QED) is 0.662. The van der Waals surface area contributed by atoms with Crippen molar-refractivity contribution in [3.63, 3.8) is 0 Å². The first kappa shape index (κ1) is 21.0. The second-order valence-corrected chi connectivity index (χ2v) is 8.18. The number of anilines is 2. The Morgan fingerprint density at radius 3 is 2.52 bits per heavy atom. The van der Waals surface area contributed by atoms with Crippen LogP contribution in [0.25, 0.3) is 11.5 Å². The van der Waals surface area contributed by atoms with Gasteiger partial charge in [-0.15, -0.1) is 0 Å². The van der Waals surface area contributed by atoms with Gasteiger partial charge in [0.1, 0.15) is 5.82 Å². The minimum absolute atomic E-state index is 0.139. The molecule has 4 rings (SSSR count). The van der Waals surface area contributed by atoms with Crippen molar-refractivity contribution in [3.05, 3.63) is 54.0 Å². The van der Waals surface area contributed by atoms with Crippen LogP contribution in [0.5, 0.6) is 0 Å². The molecule has 2 aromatic heterocycles. The lowest BCUT2D eigenvalue weighted by molar-refractivity contribution is -0.00545. The molecule has 0 bridgehead atoms. The number of morpholine rings is 1. The van der Waals surface area contributed by atoms with Crippen LogP contribution in [0.1, 0.15) is 49.8 Å². The predicted octanol–water partition coefficient (Wildman–Crippen LogP) is 4.12. The van der Waals surface area contributed by atoms with E-state index in [-0.39, 0.29) is 24.0 Å². The molecule has 0 spiro atoms. The van der Waals surface area contributed by atoms with E-state index in [4.69, 9.17) is 9.26 Å². The maximum absolute atomic E-state index is 13.0. The molecule has 0 saturated carbocycles. The Morgan fingerprint density at radius 2 is 1.87 bits per heavy atom. The van der Waals surface area contributed by atoms with Crippen LogP contribution in [-0.4, -0.2) is 46.3 Å². The molecule has 1 N–H and O–H groups in total. The smallest absolute Gasteiger partial charge is 0.258 e. The summed E-state index contributed by atoms with van der Waals surface area (Å²) in [6.45, 7) is 9.67. The van der Waals surface area contributed by atoms with E-state index in [0.29, 0.717) is 28.5 Å². The molecule has 2 atom stereocenters. The summed E-state index contributed by atoms with van der Waals surface area (Å²) in [6.07, 6.45) is 1.98. The van der Waals surface area contributed by atoms with E-state index in [9.17, 15) is 4.79 Å². The van der Waals surface area contributed by atoms with Gasteiger partial charge in [-0.2, -0.15) is 4.98 Å². The molecule has 1 aliphatic rings. The SMILES string of the molecule is CC1CN(c2ccc(NC(=O)c3ccccc3-c3nc(C(C)C)no3)cn2)CC(C)O1. The number of rotatable bonds is 5. The summed E-state index contributed by atoms with van der Waals surface area (Å²) in [5.41, 5.74) is 1.67. The molecular formula is C23H27N5O3. The summed E-state index contributed by atoms with van der Waals surface area (Å²) in [6, 6.07) is 11.0. The topological polar surface area (TPSA) is 93.4 Å². The van der Waals surface area contributed by atoms with Gasteiger partial charge in [-0.1, -0.05) is 31.1 Å². The van der Waals surface area contributed by atoms with Gasteiger partial charge in [0, 0.05) is 19.0 Å². The molecule has 2 unspecified atom stereocenters. The Kier molecular flexibility index (Phi) is 5.99. The molecule has 0 radical (unpaired) electrons. The van der Waals surface area contributed by atoms with Crippen LogP contribution in [0.2, 0.25) is 0 Å². The number of hydrogen-bond acceptors (Lipinski definition) is 7. The molecule has 1 aliphatic heterocycles. The fourth-order valence-corrected chi connectivity index (χ4v) is 3.66. The lowest BCUT2D eigenvalue weighted by Crippen LogP contribution is -2.45. The predicted molar refractivity (Wildman–Crippen MR) is 118 cm³/mol. The highest BCUT2D eigenvalue weighted by atomic mass is 16.5. The van der Waals surface area contributed by atoms with E-state index in [2.05, 4.69) is 39.2 Å². The van der Waals surface area contributed by atoms with Gasteiger partial charge in [-0.3, -0.25) is 4.79 Å². The molecule has 162 valence electrons. The Labute approximate surface area is 181 Å². The van der Waals surface area contributed by atoms with E-state index < -0.39 is 0 Å². The molecule has 1 aromatic carbocycles. The van der Waals surface area contributed by atoms with Crippen molar-refractivity contribution in [3.8, 4) is 11.5 Å². The largest absolute Gasteiger partial charge is 0.372 e. The number of amides is 1. The summed E-state index contributed by atoms with van der Waals surface area (Å²) in [5.74, 6) is 1.69. The number of pyridine rings is 1. The number of nitrogens with one attached hydrogen (secondary N) is 1. The Balaban J connectivity index is 1.50. The standard InChI is InChI=1S/C23H27N5O3/c1-14(2)21-26-23(31-27-21)19-8-6-5-7-18(19)22(29)25-17-9-10-20(24-11-17)28-12-15(3)30-16(4)13-28/h5-11,14-16H,12-13H2,1-4H3,(H,25,29). The van der Waals surface area contributed by atoms with E-state index in [0.717, 1.165) is 18.9 Å². The first-order chi connectivity index (χ1) is 14.9. The molecule has 3 aromatic rings. The molecular weight excluding hydrogens is 394 g/mol. The molecule has 1 amide bonds. The number of benzene rings is 1. The number of carbonyl (C=O) groups is 1. The van der Waals surface area contributed by atoms with Crippen LogP contribution < -0.4 is 10.2 Å². The second-order valence-electron chi connectivity index (χ2n) is 8.18. The van der Waals surface area contributed by atoms with Gasteiger partial charge in [0.25, 0.3) is 11.8 Å².